The maximum absolute atomic E-state index is 12.9. The monoisotopic (exact) mass is 351 g/mol. The van der Waals surface area contributed by atoms with Gasteiger partial charge in [-0.25, -0.2) is 0 Å². The fourth-order valence-electron chi connectivity index (χ4n) is 2.67. The number of halogens is 3. The van der Waals surface area contributed by atoms with Crippen molar-refractivity contribution in [2.45, 2.75) is 26.1 Å². The molecule has 0 N–H and O–H groups in total. The number of nitrogens with zero attached hydrogens (tertiary/aromatic N) is 1. The minimum absolute atomic E-state index is 0.0198. The lowest BCUT2D eigenvalue weighted by Crippen LogP contribution is -2.33. The minimum Gasteiger partial charge on any atom is -0.497 e. The lowest BCUT2D eigenvalue weighted by Gasteiger charge is -2.29. The molecule has 0 aliphatic heterocycles. The van der Waals surface area contributed by atoms with Crippen LogP contribution < -0.4 is 4.74 Å². The molecule has 134 valence electrons. The fourth-order valence-corrected chi connectivity index (χ4v) is 2.67. The molecule has 0 saturated carbocycles. The molecule has 0 heterocycles. The summed E-state index contributed by atoms with van der Waals surface area (Å²) in [5.74, 6) is 0.218. The Balaban J connectivity index is 2.32. The van der Waals surface area contributed by atoms with E-state index in [4.69, 9.17) is 4.74 Å². The second-order valence-corrected chi connectivity index (χ2v) is 5.62. The predicted molar refractivity (Wildman–Crippen MR) is 89.6 cm³/mol. The first kappa shape index (κ1) is 18.8. The Hall–Kier alpha value is -2.50. The van der Waals surface area contributed by atoms with E-state index in [0.29, 0.717) is 12.3 Å². The van der Waals surface area contributed by atoms with Crippen LogP contribution in [0.4, 0.5) is 13.2 Å². The van der Waals surface area contributed by atoms with E-state index in [-0.39, 0.29) is 11.6 Å². The minimum atomic E-state index is -4.48. The van der Waals surface area contributed by atoms with Gasteiger partial charge in [0.25, 0.3) is 5.91 Å². The van der Waals surface area contributed by atoms with Gasteiger partial charge in [0.1, 0.15) is 5.75 Å². The molecule has 0 aliphatic rings. The van der Waals surface area contributed by atoms with E-state index in [1.807, 2.05) is 25.1 Å². The second kappa shape index (κ2) is 7.59. The zero-order chi connectivity index (χ0) is 18.6. The SMILES string of the molecule is CCN(C(=O)c1cccc(C(F)(F)F)c1)C(C)c1cccc(OC)c1. The third kappa shape index (κ3) is 4.32. The van der Waals surface area contributed by atoms with E-state index in [0.717, 1.165) is 17.7 Å². The quantitative estimate of drug-likeness (QED) is 0.764. The van der Waals surface area contributed by atoms with E-state index in [9.17, 15) is 18.0 Å². The maximum Gasteiger partial charge on any atom is 0.416 e. The van der Waals surface area contributed by atoms with Crippen LogP contribution in [-0.4, -0.2) is 24.5 Å². The van der Waals surface area contributed by atoms with Gasteiger partial charge >= 0.3 is 6.18 Å². The van der Waals surface area contributed by atoms with Crippen LogP contribution in [0.25, 0.3) is 0 Å². The van der Waals surface area contributed by atoms with E-state index < -0.39 is 17.6 Å². The predicted octanol–water partition coefficient (Wildman–Crippen LogP) is 4.94. The van der Waals surface area contributed by atoms with Crippen molar-refractivity contribution in [2.24, 2.45) is 0 Å². The molecule has 25 heavy (non-hydrogen) atoms. The van der Waals surface area contributed by atoms with Gasteiger partial charge in [-0.15, -0.1) is 0 Å². The number of hydrogen-bond donors (Lipinski definition) is 0. The number of carbonyl (C=O) groups is 1. The Labute approximate surface area is 145 Å². The van der Waals surface area contributed by atoms with Crippen molar-refractivity contribution < 1.29 is 22.7 Å². The van der Waals surface area contributed by atoms with Gasteiger partial charge in [-0.1, -0.05) is 18.2 Å². The number of ether oxygens (including phenoxy) is 1. The van der Waals surface area contributed by atoms with Gasteiger partial charge in [-0.2, -0.15) is 13.2 Å². The summed E-state index contributed by atoms with van der Waals surface area (Å²) in [6.45, 7) is 4.00. The Bertz CT molecular complexity index is 743. The molecule has 1 amide bonds. The highest BCUT2D eigenvalue weighted by Crippen LogP contribution is 2.31. The normalized spacial score (nSPS) is 12.6. The van der Waals surface area contributed by atoms with Gasteiger partial charge in [0.05, 0.1) is 18.7 Å². The van der Waals surface area contributed by atoms with Gasteiger partial charge in [-0.05, 0) is 49.7 Å². The van der Waals surface area contributed by atoms with Crippen LogP contribution in [0.5, 0.6) is 5.75 Å². The Morgan fingerprint density at radius 2 is 1.84 bits per heavy atom. The molecule has 0 aliphatic carbocycles. The molecule has 0 saturated heterocycles. The molecule has 1 atom stereocenters. The maximum atomic E-state index is 12.9. The molecular weight excluding hydrogens is 331 g/mol. The van der Waals surface area contributed by atoms with Gasteiger partial charge in [-0.3, -0.25) is 4.79 Å². The smallest absolute Gasteiger partial charge is 0.416 e. The van der Waals surface area contributed by atoms with Crippen molar-refractivity contribution in [1.82, 2.24) is 4.90 Å². The first-order chi connectivity index (χ1) is 11.8. The standard InChI is InChI=1S/C19H20F3NO2/c1-4-23(13(2)14-7-6-10-17(12-14)25-3)18(24)15-8-5-9-16(11-15)19(20,21)22/h5-13H,4H2,1-3H3. The van der Waals surface area contributed by atoms with Crippen molar-refractivity contribution in [1.29, 1.82) is 0 Å². The molecule has 0 spiro atoms. The highest BCUT2D eigenvalue weighted by atomic mass is 19.4. The van der Waals surface area contributed by atoms with Crippen LogP contribution in [0.3, 0.4) is 0 Å². The summed E-state index contributed by atoms with van der Waals surface area (Å²) in [4.78, 5) is 14.3. The Morgan fingerprint density at radius 1 is 1.16 bits per heavy atom. The first-order valence-electron chi connectivity index (χ1n) is 7.90. The molecular formula is C19H20F3NO2. The summed E-state index contributed by atoms with van der Waals surface area (Å²) in [6, 6.07) is 11.5. The molecule has 0 radical (unpaired) electrons. The lowest BCUT2D eigenvalue weighted by molar-refractivity contribution is -0.137. The molecule has 1 unspecified atom stereocenters. The number of amides is 1. The number of hydrogen-bond acceptors (Lipinski definition) is 2. The zero-order valence-electron chi connectivity index (χ0n) is 14.3. The molecule has 2 aromatic rings. The summed E-state index contributed by atoms with van der Waals surface area (Å²) in [7, 11) is 1.55. The van der Waals surface area contributed by atoms with Crippen LogP contribution >= 0.6 is 0 Å². The molecule has 0 aromatic heterocycles. The first-order valence-corrected chi connectivity index (χ1v) is 7.90. The van der Waals surface area contributed by atoms with Crippen LogP contribution in [0.1, 0.15) is 41.4 Å². The molecule has 0 fully saturated rings. The number of alkyl halides is 3. The highest BCUT2D eigenvalue weighted by Gasteiger charge is 2.31. The van der Waals surface area contributed by atoms with Gasteiger partial charge in [0, 0.05) is 12.1 Å². The van der Waals surface area contributed by atoms with Gasteiger partial charge in [0.15, 0.2) is 0 Å². The summed E-state index contributed by atoms with van der Waals surface area (Å²) in [5.41, 5.74) is 0.0383. The van der Waals surface area contributed by atoms with E-state index in [1.165, 1.54) is 17.0 Å². The van der Waals surface area contributed by atoms with E-state index in [1.54, 1.807) is 20.1 Å². The van der Waals surface area contributed by atoms with Gasteiger partial charge in [0.2, 0.25) is 0 Å². The van der Waals surface area contributed by atoms with Crippen molar-refractivity contribution >= 4 is 5.91 Å². The van der Waals surface area contributed by atoms with Crippen molar-refractivity contribution in [3.8, 4) is 5.75 Å². The summed E-state index contributed by atoms with van der Waals surface area (Å²) in [6.07, 6.45) is -4.48. The third-order valence-corrected chi connectivity index (χ3v) is 4.08. The number of rotatable bonds is 5. The fraction of sp³-hybridized carbons (Fsp3) is 0.316. The Kier molecular flexibility index (Phi) is 5.72. The van der Waals surface area contributed by atoms with Crippen LogP contribution in [0.15, 0.2) is 48.5 Å². The van der Waals surface area contributed by atoms with Crippen LogP contribution in [0.2, 0.25) is 0 Å². The van der Waals surface area contributed by atoms with Gasteiger partial charge < -0.3 is 9.64 Å². The van der Waals surface area contributed by atoms with Crippen LogP contribution in [0, 0.1) is 0 Å². The highest BCUT2D eigenvalue weighted by molar-refractivity contribution is 5.94. The van der Waals surface area contributed by atoms with E-state index >= 15 is 0 Å². The molecule has 2 rings (SSSR count). The number of benzene rings is 2. The van der Waals surface area contributed by atoms with Crippen molar-refractivity contribution in [3.63, 3.8) is 0 Å². The zero-order valence-corrected chi connectivity index (χ0v) is 14.3. The number of carbonyl (C=O) groups excluding carboxylic acids is 1. The van der Waals surface area contributed by atoms with E-state index in [2.05, 4.69) is 0 Å². The largest absolute Gasteiger partial charge is 0.497 e. The average Bonchev–Trinajstić information content (AvgIpc) is 2.61. The molecule has 0 bridgehead atoms. The number of methoxy groups -OCH3 is 1. The lowest BCUT2D eigenvalue weighted by atomic mass is 10.0. The molecule has 2 aromatic carbocycles. The topological polar surface area (TPSA) is 29.5 Å². The molecule has 6 heteroatoms. The average molecular weight is 351 g/mol. The summed E-state index contributed by atoms with van der Waals surface area (Å²) >= 11 is 0. The second-order valence-electron chi connectivity index (χ2n) is 5.62. The Morgan fingerprint density at radius 3 is 2.44 bits per heavy atom. The van der Waals surface area contributed by atoms with Crippen LogP contribution in [-0.2, 0) is 6.18 Å². The summed E-state index contributed by atoms with van der Waals surface area (Å²) < 4.78 is 43.8. The van der Waals surface area contributed by atoms with Crippen molar-refractivity contribution in [3.05, 3.63) is 65.2 Å². The third-order valence-electron chi connectivity index (χ3n) is 4.08. The summed E-state index contributed by atoms with van der Waals surface area (Å²) in [5, 5.41) is 0. The van der Waals surface area contributed by atoms with Crippen molar-refractivity contribution in [2.75, 3.05) is 13.7 Å². The molecule has 3 nitrogen and oxygen atoms in total.